The summed E-state index contributed by atoms with van der Waals surface area (Å²) in [6.45, 7) is 2.04. The monoisotopic (exact) mass is 207 g/mol. The third kappa shape index (κ3) is 2.18. The molecule has 1 heterocycles. The minimum absolute atomic E-state index is 0.648. The second-order valence-electron chi connectivity index (χ2n) is 3.87. The number of nitrogen functional groups attached to an aromatic ring is 1. The van der Waals surface area contributed by atoms with Crippen LogP contribution in [0.2, 0.25) is 0 Å². The van der Waals surface area contributed by atoms with Crippen molar-refractivity contribution in [2.45, 2.75) is 32.2 Å². The molecule has 3 N–H and O–H groups in total. The van der Waals surface area contributed by atoms with Crippen LogP contribution in [-0.4, -0.2) is 23.1 Å². The van der Waals surface area contributed by atoms with Crippen LogP contribution < -0.4 is 16.2 Å². The number of nitrogens with one attached hydrogen (secondary N) is 1. The zero-order valence-corrected chi connectivity index (χ0v) is 9.20. The van der Waals surface area contributed by atoms with E-state index in [1.54, 1.807) is 0 Å². The summed E-state index contributed by atoms with van der Waals surface area (Å²) < 4.78 is 0. The van der Waals surface area contributed by atoms with Gasteiger partial charge in [0.25, 0.3) is 0 Å². The molecule has 1 aromatic heterocycles. The molecule has 0 saturated heterocycles. The summed E-state index contributed by atoms with van der Waals surface area (Å²) >= 11 is 0. The van der Waals surface area contributed by atoms with Crippen LogP contribution in [0, 0.1) is 0 Å². The van der Waals surface area contributed by atoms with Crippen LogP contribution >= 0.6 is 0 Å². The molecular weight excluding hydrogens is 190 g/mol. The molecule has 5 nitrogen and oxygen atoms in total. The Labute approximate surface area is 89.7 Å². The third-order valence-electron chi connectivity index (χ3n) is 2.68. The van der Waals surface area contributed by atoms with Crippen LogP contribution in [0.25, 0.3) is 0 Å². The summed E-state index contributed by atoms with van der Waals surface area (Å²) in [5.74, 6) is 7.84. The largest absolute Gasteiger partial charge is 0.357 e. The Kier molecular flexibility index (Phi) is 2.73. The van der Waals surface area contributed by atoms with Crippen molar-refractivity contribution >= 4 is 11.6 Å². The van der Waals surface area contributed by atoms with E-state index in [4.69, 9.17) is 5.84 Å². The Hall–Kier alpha value is -1.36. The van der Waals surface area contributed by atoms with Gasteiger partial charge in [-0.1, -0.05) is 6.92 Å². The average molecular weight is 207 g/mol. The first-order valence-electron chi connectivity index (χ1n) is 5.32. The first kappa shape index (κ1) is 10.2. The Morgan fingerprint density at radius 3 is 2.80 bits per heavy atom. The predicted octanol–water partition coefficient (Wildman–Crippen LogP) is 0.923. The number of nitrogens with two attached hydrogens (primary N) is 1. The maximum atomic E-state index is 5.38. The van der Waals surface area contributed by atoms with E-state index in [9.17, 15) is 0 Å². The number of hydrazine groups is 1. The molecule has 0 amide bonds. The first-order valence-corrected chi connectivity index (χ1v) is 5.32. The molecule has 1 fully saturated rings. The highest BCUT2D eigenvalue weighted by Crippen LogP contribution is 2.29. The highest BCUT2D eigenvalue weighted by Gasteiger charge is 2.27. The van der Waals surface area contributed by atoms with Gasteiger partial charge in [-0.3, -0.25) is 0 Å². The van der Waals surface area contributed by atoms with Gasteiger partial charge in [0.15, 0.2) is 0 Å². The molecule has 15 heavy (non-hydrogen) atoms. The van der Waals surface area contributed by atoms with Crippen molar-refractivity contribution in [1.29, 1.82) is 0 Å². The van der Waals surface area contributed by atoms with E-state index >= 15 is 0 Å². The molecule has 1 aliphatic carbocycles. The molecular formula is C10H17N5. The molecule has 0 bridgehead atoms. The molecule has 5 heteroatoms. The summed E-state index contributed by atoms with van der Waals surface area (Å²) in [5.41, 5.74) is 2.58. The van der Waals surface area contributed by atoms with E-state index in [2.05, 4.69) is 27.3 Å². The van der Waals surface area contributed by atoms with Crippen molar-refractivity contribution in [3.05, 3.63) is 11.9 Å². The Balaban J connectivity index is 2.28. The van der Waals surface area contributed by atoms with Crippen LogP contribution in [0.3, 0.4) is 0 Å². The van der Waals surface area contributed by atoms with Gasteiger partial charge in [0.1, 0.15) is 17.5 Å². The number of hydrogen-bond donors (Lipinski definition) is 2. The van der Waals surface area contributed by atoms with Crippen LogP contribution in [0.15, 0.2) is 6.07 Å². The van der Waals surface area contributed by atoms with Gasteiger partial charge >= 0.3 is 0 Å². The van der Waals surface area contributed by atoms with Gasteiger partial charge in [0.2, 0.25) is 0 Å². The lowest BCUT2D eigenvalue weighted by atomic mass is 10.4. The lowest BCUT2D eigenvalue weighted by Gasteiger charge is -2.18. The summed E-state index contributed by atoms with van der Waals surface area (Å²) in [4.78, 5) is 10.9. The standard InChI is InChI=1S/C10H17N5/c1-3-8-12-9(14-11)6-10(13-8)15(2)7-4-5-7/h6-7H,3-5,11H2,1-2H3,(H,12,13,14). The molecule has 1 saturated carbocycles. The predicted molar refractivity (Wildman–Crippen MR) is 60.6 cm³/mol. The Morgan fingerprint density at radius 2 is 2.27 bits per heavy atom. The number of rotatable bonds is 4. The zero-order valence-electron chi connectivity index (χ0n) is 9.20. The summed E-state index contributed by atoms with van der Waals surface area (Å²) in [5, 5.41) is 0. The van der Waals surface area contributed by atoms with Gasteiger partial charge in [-0.25, -0.2) is 15.8 Å². The number of aryl methyl sites for hydroxylation is 1. The molecule has 0 unspecified atom stereocenters. The number of hydrogen-bond acceptors (Lipinski definition) is 5. The highest BCUT2D eigenvalue weighted by molar-refractivity contribution is 5.49. The SMILES string of the molecule is CCc1nc(NN)cc(N(C)C2CC2)n1. The van der Waals surface area contributed by atoms with Crippen LogP contribution in [0.1, 0.15) is 25.6 Å². The average Bonchev–Trinajstić information content (AvgIpc) is 3.11. The lowest BCUT2D eigenvalue weighted by molar-refractivity contribution is 0.855. The lowest BCUT2D eigenvalue weighted by Crippen LogP contribution is -2.22. The van der Waals surface area contributed by atoms with Crippen molar-refractivity contribution < 1.29 is 0 Å². The molecule has 82 valence electrons. The van der Waals surface area contributed by atoms with Crippen molar-refractivity contribution in [2.75, 3.05) is 17.4 Å². The van der Waals surface area contributed by atoms with E-state index < -0.39 is 0 Å². The summed E-state index contributed by atoms with van der Waals surface area (Å²) in [6, 6.07) is 2.53. The second kappa shape index (κ2) is 4.02. The molecule has 0 aliphatic heterocycles. The number of aromatic nitrogens is 2. The number of anilines is 2. The normalized spacial score (nSPS) is 15.1. The molecule has 0 aromatic carbocycles. The van der Waals surface area contributed by atoms with Gasteiger partial charge in [0.05, 0.1) is 0 Å². The van der Waals surface area contributed by atoms with E-state index in [1.165, 1.54) is 12.8 Å². The van der Waals surface area contributed by atoms with E-state index in [0.29, 0.717) is 11.9 Å². The van der Waals surface area contributed by atoms with E-state index in [1.807, 2.05) is 13.0 Å². The smallest absolute Gasteiger partial charge is 0.145 e. The molecule has 0 radical (unpaired) electrons. The van der Waals surface area contributed by atoms with Crippen molar-refractivity contribution in [3.63, 3.8) is 0 Å². The Morgan fingerprint density at radius 1 is 1.53 bits per heavy atom. The van der Waals surface area contributed by atoms with Crippen molar-refractivity contribution in [1.82, 2.24) is 9.97 Å². The fourth-order valence-corrected chi connectivity index (χ4v) is 1.54. The fourth-order valence-electron chi connectivity index (χ4n) is 1.54. The molecule has 1 aliphatic rings. The maximum Gasteiger partial charge on any atom is 0.145 e. The summed E-state index contributed by atoms with van der Waals surface area (Å²) in [7, 11) is 2.07. The van der Waals surface area contributed by atoms with Gasteiger partial charge in [-0.15, -0.1) is 0 Å². The van der Waals surface area contributed by atoms with Crippen molar-refractivity contribution in [2.24, 2.45) is 5.84 Å². The third-order valence-corrected chi connectivity index (χ3v) is 2.68. The zero-order chi connectivity index (χ0) is 10.8. The van der Waals surface area contributed by atoms with Crippen molar-refractivity contribution in [3.8, 4) is 0 Å². The number of nitrogens with zero attached hydrogens (tertiary/aromatic N) is 3. The molecule has 0 atom stereocenters. The molecule has 2 rings (SSSR count). The molecule has 1 aromatic rings. The summed E-state index contributed by atoms with van der Waals surface area (Å²) in [6.07, 6.45) is 3.34. The fraction of sp³-hybridized carbons (Fsp3) is 0.600. The van der Waals surface area contributed by atoms with Crippen LogP contribution in [-0.2, 0) is 6.42 Å². The minimum atomic E-state index is 0.648. The van der Waals surface area contributed by atoms with Gasteiger partial charge in [-0.05, 0) is 12.8 Å². The quantitative estimate of drug-likeness (QED) is 0.567. The van der Waals surface area contributed by atoms with Gasteiger partial charge in [-0.2, -0.15) is 0 Å². The first-order chi connectivity index (χ1) is 7.24. The van der Waals surface area contributed by atoms with Gasteiger partial charge in [0, 0.05) is 25.6 Å². The molecule has 0 spiro atoms. The maximum absolute atomic E-state index is 5.38. The van der Waals surface area contributed by atoms with E-state index in [0.717, 1.165) is 18.1 Å². The topological polar surface area (TPSA) is 67.1 Å². The van der Waals surface area contributed by atoms with E-state index in [-0.39, 0.29) is 0 Å². The minimum Gasteiger partial charge on any atom is -0.357 e. The second-order valence-corrected chi connectivity index (χ2v) is 3.87. The van der Waals surface area contributed by atoms with Crippen LogP contribution in [0.4, 0.5) is 11.6 Å². The van der Waals surface area contributed by atoms with Crippen LogP contribution in [0.5, 0.6) is 0 Å². The highest BCUT2D eigenvalue weighted by atomic mass is 15.3. The Bertz CT molecular complexity index is 325. The van der Waals surface area contributed by atoms with Gasteiger partial charge < -0.3 is 10.3 Å².